The third-order valence-electron chi connectivity index (χ3n) is 1.68. The Balaban J connectivity index is 0.00000112. The third kappa shape index (κ3) is 3.51. The van der Waals surface area contributed by atoms with E-state index in [1.54, 1.807) is 0 Å². The maximum atomic E-state index is 10.2. The summed E-state index contributed by atoms with van der Waals surface area (Å²) in [5, 5.41) is 13.5. The molecule has 0 amide bonds. The second-order valence-electron chi connectivity index (χ2n) is 2.71. The van der Waals surface area contributed by atoms with Crippen LogP contribution in [-0.4, -0.2) is 17.5 Å². The van der Waals surface area contributed by atoms with Crippen LogP contribution in [0, 0.1) is 0 Å². The standard InChI is InChI=1S/C9H8N2O2S.K/c12-8(13)5-10-9-11-6-3-1-2-4-7(6)14-9;/h1-4H,5H2,(H,10,11)(H,12,13);/q;+1/p-1. The molecule has 72 valence electrons. The quantitative estimate of drug-likeness (QED) is 0.606. The fourth-order valence-electron chi connectivity index (χ4n) is 1.10. The van der Waals surface area contributed by atoms with Crippen molar-refractivity contribution in [2.75, 3.05) is 11.9 Å². The van der Waals surface area contributed by atoms with Gasteiger partial charge in [-0.2, -0.15) is 0 Å². The minimum Gasteiger partial charge on any atom is -0.548 e. The first-order valence-corrected chi connectivity index (χ1v) is 4.86. The number of benzene rings is 1. The summed E-state index contributed by atoms with van der Waals surface area (Å²) in [5.41, 5.74) is 0.873. The number of nitrogens with one attached hydrogen (secondary N) is 1. The molecule has 0 aliphatic rings. The van der Waals surface area contributed by atoms with Crippen LogP contribution in [-0.2, 0) is 4.79 Å². The number of rotatable bonds is 3. The molecule has 2 rings (SSSR count). The normalized spacial score (nSPS) is 9.60. The van der Waals surface area contributed by atoms with E-state index in [-0.39, 0.29) is 57.9 Å². The number of aliphatic carboxylic acids is 1. The smallest absolute Gasteiger partial charge is 0.548 e. The summed E-state index contributed by atoms with van der Waals surface area (Å²) in [6.07, 6.45) is 0. The molecular formula is C9H7KN2O2S. The first-order chi connectivity index (χ1) is 6.75. The van der Waals surface area contributed by atoms with E-state index >= 15 is 0 Å². The topological polar surface area (TPSA) is 65.0 Å². The molecule has 1 N–H and O–H groups in total. The first kappa shape index (κ1) is 13.1. The van der Waals surface area contributed by atoms with E-state index in [2.05, 4.69) is 10.3 Å². The van der Waals surface area contributed by atoms with Crippen LogP contribution in [0.4, 0.5) is 5.13 Å². The summed E-state index contributed by atoms with van der Waals surface area (Å²) in [7, 11) is 0. The number of carboxylic acid groups (broad SMARTS) is 1. The number of para-hydroxylation sites is 1. The maximum Gasteiger partial charge on any atom is 1.00 e. The number of aromatic nitrogens is 1. The van der Waals surface area contributed by atoms with Gasteiger partial charge >= 0.3 is 51.4 Å². The molecule has 0 saturated carbocycles. The summed E-state index contributed by atoms with van der Waals surface area (Å²) in [4.78, 5) is 14.4. The van der Waals surface area contributed by atoms with Gasteiger partial charge in [-0.1, -0.05) is 23.5 Å². The Morgan fingerprint density at radius 2 is 2.20 bits per heavy atom. The van der Waals surface area contributed by atoms with Gasteiger partial charge in [0.2, 0.25) is 0 Å². The molecule has 1 aromatic heterocycles. The van der Waals surface area contributed by atoms with Crippen molar-refractivity contribution < 1.29 is 61.3 Å². The van der Waals surface area contributed by atoms with Gasteiger partial charge in [0.15, 0.2) is 5.13 Å². The van der Waals surface area contributed by atoms with Crippen molar-refractivity contribution in [3.05, 3.63) is 24.3 Å². The van der Waals surface area contributed by atoms with Gasteiger partial charge in [-0.05, 0) is 12.1 Å². The molecule has 0 aliphatic carbocycles. The zero-order valence-electron chi connectivity index (χ0n) is 8.19. The molecule has 6 heteroatoms. The molecule has 0 radical (unpaired) electrons. The monoisotopic (exact) mass is 246 g/mol. The molecule has 4 nitrogen and oxygen atoms in total. The fraction of sp³-hybridized carbons (Fsp3) is 0.111. The molecule has 0 aliphatic heterocycles. The van der Waals surface area contributed by atoms with Crippen LogP contribution < -0.4 is 61.8 Å². The number of carboxylic acids is 1. The van der Waals surface area contributed by atoms with Crippen LogP contribution in [0.2, 0.25) is 0 Å². The molecule has 0 spiro atoms. The molecule has 1 heterocycles. The van der Waals surface area contributed by atoms with Gasteiger partial charge in [-0.25, -0.2) is 4.98 Å². The van der Waals surface area contributed by atoms with Crippen molar-refractivity contribution in [2.45, 2.75) is 0 Å². The second-order valence-corrected chi connectivity index (χ2v) is 3.74. The summed E-state index contributed by atoms with van der Waals surface area (Å²) >= 11 is 1.43. The van der Waals surface area contributed by atoms with Gasteiger partial charge in [0.05, 0.1) is 22.7 Å². The van der Waals surface area contributed by atoms with Gasteiger partial charge in [-0.3, -0.25) is 0 Å². The van der Waals surface area contributed by atoms with E-state index in [0.29, 0.717) is 5.13 Å². The Hall–Kier alpha value is 0.0164. The van der Waals surface area contributed by atoms with Crippen molar-refractivity contribution in [3.63, 3.8) is 0 Å². The Labute approximate surface area is 133 Å². The van der Waals surface area contributed by atoms with Crippen molar-refractivity contribution >= 4 is 32.7 Å². The number of hydrogen-bond donors (Lipinski definition) is 1. The molecule has 0 saturated heterocycles. The van der Waals surface area contributed by atoms with E-state index < -0.39 is 5.97 Å². The van der Waals surface area contributed by atoms with Crippen LogP contribution in [0.3, 0.4) is 0 Å². The minimum atomic E-state index is -1.13. The molecule has 0 fully saturated rings. The average molecular weight is 246 g/mol. The van der Waals surface area contributed by atoms with Crippen molar-refractivity contribution in [1.29, 1.82) is 0 Å². The number of nitrogens with zero attached hydrogens (tertiary/aromatic N) is 1. The molecule has 0 bridgehead atoms. The number of thiazole rings is 1. The number of carbonyl (C=O) groups is 1. The molecule has 0 atom stereocenters. The molecule has 0 unspecified atom stereocenters. The van der Waals surface area contributed by atoms with E-state index in [1.807, 2.05) is 24.3 Å². The van der Waals surface area contributed by atoms with Gasteiger partial charge in [0.1, 0.15) is 0 Å². The predicted molar refractivity (Wildman–Crippen MR) is 53.1 cm³/mol. The Bertz CT molecular complexity index is 439. The maximum absolute atomic E-state index is 10.2. The summed E-state index contributed by atoms with van der Waals surface area (Å²) in [6, 6.07) is 7.64. The van der Waals surface area contributed by atoms with Crippen LogP contribution in [0.25, 0.3) is 10.2 Å². The van der Waals surface area contributed by atoms with Crippen LogP contribution in [0.1, 0.15) is 0 Å². The number of carbonyl (C=O) groups excluding carboxylic acids is 1. The van der Waals surface area contributed by atoms with Crippen LogP contribution in [0.5, 0.6) is 0 Å². The summed E-state index contributed by atoms with van der Waals surface area (Å²) in [5.74, 6) is -1.13. The molecule has 15 heavy (non-hydrogen) atoms. The minimum absolute atomic E-state index is 0. The number of fused-ring (bicyclic) bond motifs is 1. The van der Waals surface area contributed by atoms with Gasteiger partial charge in [-0.15, -0.1) is 0 Å². The molecular weight excluding hydrogens is 239 g/mol. The van der Waals surface area contributed by atoms with Crippen LogP contribution in [0.15, 0.2) is 24.3 Å². The largest absolute Gasteiger partial charge is 1.00 e. The second kappa shape index (κ2) is 5.93. The van der Waals surface area contributed by atoms with E-state index in [1.165, 1.54) is 11.3 Å². The number of anilines is 1. The molecule has 1 aromatic carbocycles. The zero-order valence-corrected chi connectivity index (χ0v) is 12.1. The van der Waals surface area contributed by atoms with Gasteiger partial charge in [0.25, 0.3) is 0 Å². The van der Waals surface area contributed by atoms with Gasteiger partial charge < -0.3 is 15.2 Å². The zero-order chi connectivity index (χ0) is 9.97. The predicted octanol–water partition coefficient (Wildman–Crippen LogP) is -2.54. The Morgan fingerprint density at radius 1 is 1.47 bits per heavy atom. The van der Waals surface area contributed by atoms with E-state index in [0.717, 1.165) is 10.2 Å². The summed E-state index contributed by atoms with van der Waals surface area (Å²) < 4.78 is 1.04. The average Bonchev–Trinajstić information content (AvgIpc) is 2.57. The summed E-state index contributed by atoms with van der Waals surface area (Å²) in [6.45, 7) is -0.209. The Kier molecular flexibility index (Phi) is 5.17. The fourth-order valence-corrected chi connectivity index (χ4v) is 1.96. The number of hydrogen-bond acceptors (Lipinski definition) is 5. The van der Waals surface area contributed by atoms with Crippen molar-refractivity contribution in [1.82, 2.24) is 4.98 Å². The van der Waals surface area contributed by atoms with Crippen molar-refractivity contribution in [2.24, 2.45) is 0 Å². The van der Waals surface area contributed by atoms with E-state index in [4.69, 9.17) is 0 Å². The van der Waals surface area contributed by atoms with Crippen molar-refractivity contribution in [3.8, 4) is 0 Å². The van der Waals surface area contributed by atoms with E-state index in [9.17, 15) is 9.90 Å². The van der Waals surface area contributed by atoms with Crippen LogP contribution >= 0.6 is 11.3 Å². The SMILES string of the molecule is O=C([O-])CNc1nc2ccccc2s1.[K+]. The molecule has 2 aromatic rings. The third-order valence-corrected chi connectivity index (χ3v) is 2.67. The van der Waals surface area contributed by atoms with Gasteiger partial charge in [0, 0.05) is 0 Å². The Morgan fingerprint density at radius 3 is 2.87 bits per heavy atom. The first-order valence-electron chi connectivity index (χ1n) is 4.05.